The molecule has 0 saturated heterocycles. The van der Waals surface area contributed by atoms with Crippen molar-refractivity contribution < 1.29 is 13.3 Å². The molecule has 0 aromatic heterocycles. The van der Waals surface area contributed by atoms with E-state index in [4.69, 9.17) is 13.3 Å². The van der Waals surface area contributed by atoms with Crippen LogP contribution in [0, 0.1) is 11.8 Å². The van der Waals surface area contributed by atoms with Crippen LogP contribution in [0.2, 0.25) is 5.54 Å². The van der Waals surface area contributed by atoms with E-state index in [2.05, 4.69) is 13.8 Å². The van der Waals surface area contributed by atoms with Gasteiger partial charge in [0, 0.05) is 26.9 Å². The predicted octanol–water partition coefficient (Wildman–Crippen LogP) is 2.30. The maximum Gasteiger partial charge on any atom is 0.503 e. The molecule has 3 nitrogen and oxygen atoms in total. The van der Waals surface area contributed by atoms with Gasteiger partial charge in [0.05, 0.1) is 0 Å². The molecule has 3 atom stereocenters. The van der Waals surface area contributed by atoms with Gasteiger partial charge in [0.1, 0.15) is 0 Å². The topological polar surface area (TPSA) is 27.7 Å². The molecule has 0 amide bonds. The van der Waals surface area contributed by atoms with Gasteiger partial charge in [-0.3, -0.25) is 0 Å². The fraction of sp³-hybridized carbons (Fsp3) is 1.00. The standard InChI is InChI=1S/C10H22O3Si/c1-8-6-7-10(9(8)2)14(11-3,12-4)13-5/h8-10H,6-7H2,1-5H3. The SMILES string of the molecule is CO[Si](OC)(OC)C1CCC(C)C1C. The lowest BCUT2D eigenvalue weighted by molar-refractivity contribution is 0.104. The van der Waals surface area contributed by atoms with Crippen LogP contribution in [0.3, 0.4) is 0 Å². The van der Waals surface area contributed by atoms with Crippen molar-refractivity contribution in [3.05, 3.63) is 0 Å². The highest BCUT2D eigenvalue weighted by Gasteiger charge is 2.52. The van der Waals surface area contributed by atoms with E-state index in [0.29, 0.717) is 11.5 Å². The Morgan fingerprint density at radius 3 is 1.71 bits per heavy atom. The molecule has 0 radical (unpaired) electrons. The van der Waals surface area contributed by atoms with Crippen molar-refractivity contribution >= 4 is 8.80 Å². The number of hydrogen-bond acceptors (Lipinski definition) is 3. The molecule has 1 saturated carbocycles. The van der Waals surface area contributed by atoms with Crippen molar-refractivity contribution in [3.8, 4) is 0 Å². The molecule has 0 heterocycles. The van der Waals surface area contributed by atoms with Crippen LogP contribution in [-0.4, -0.2) is 30.1 Å². The first-order chi connectivity index (χ1) is 6.61. The van der Waals surface area contributed by atoms with Gasteiger partial charge in [-0.2, -0.15) is 0 Å². The lowest BCUT2D eigenvalue weighted by Gasteiger charge is -2.33. The number of rotatable bonds is 4. The van der Waals surface area contributed by atoms with E-state index < -0.39 is 8.80 Å². The van der Waals surface area contributed by atoms with Crippen molar-refractivity contribution in [2.75, 3.05) is 21.3 Å². The molecule has 0 aromatic carbocycles. The van der Waals surface area contributed by atoms with Crippen LogP contribution < -0.4 is 0 Å². The van der Waals surface area contributed by atoms with Crippen LogP contribution in [0.15, 0.2) is 0 Å². The molecule has 4 heteroatoms. The van der Waals surface area contributed by atoms with Gasteiger partial charge in [-0.1, -0.05) is 20.3 Å². The minimum Gasteiger partial charge on any atom is -0.377 e. The Kier molecular flexibility index (Phi) is 4.12. The summed E-state index contributed by atoms with van der Waals surface area (Å²) in [6.45, 7) is 4.58. The second-order valence-corrected chi connectivity index (χ2v) is 7.41. The van der Waals surface area contributed by atoms with Crippen molar-refractivity contribution in [2.45, 2.75) is 32.2 Å². The zero-order valence-electron chi connectivity index (χ0n) is 9.87. The summed E-state index contributed by atoms with van der Waals surface area (Å²) in [5.74, 6) is 1.40. The molecule has 84 valence electrons. The summed E-state index contributed by atoms with van der Waals surface area (Å²) >= 11 is 0. The van der Waals surface area contributed by atoms with E-state index in [9.17, 15) is 0 Å². The Morgan fingerprint density at radius 1 is 0.929 bits per heavy atom. The van der Waals surface area contributed by atoms with Crippen LogP contribution in [0.5, 0.6) is 0 Å². The van der Waals surface area contributed by atoms with Gasteiger partial charge in [0.15, 0.2) is 0 Å². The van der Waals surface area contributed by atoms with Gasteiger partial charge in [-0.05, 0) is 18.3 Å². The second-order valence-electron chi connectivity index (χ2n) is 4.24. The Hall–Kier alpha value is 0.0969. The van der Waals surface area contributed by atoms with Crippen LogP contribution in [-0.2, 0) is 13.3 Å². The fourth-order valence-corrected chi connectivity index (χ4v) is 5.47. The van der Waals surface area contributed by atoms with Crippen molar-refractivity contribution in [2.24, 2.45) is 11.8 Å². The van der Waals surface area contributed by atoms with Crippen LogP contribution in [0.25, 0.3) is 0 Å². The summed E-state index contributed by atoms with van der Waals surface area (Å²) in [5.41, 5.74) is 0.470. The highest BCUT2D eigenvalue weighted by molar-refractivity contribution is 6.62. The normalized spacial score (nSPS) is 33.6. The van der Waals surface area contributed by atoms with Crippen LogP contribution >= 0.6 is 0 Å². The minimum absolute atomic E-state index is 0.470. The summed E-state index contributed by atoms with van der Waals surface area (Å²) in [7, 11) is 2.72. The highest BCUT2D eigenvalue weighted by Crippen LogP contribution is 2.46. The summed E-state index contributed by atoms with van der Waals surface area (Å²) in [5, 5.41) is 0. The summed E-state index contributed by atoms with van der Waals surface area (Å²) in [4.78, 5) is 0. The molecular formula is C10H22O3Si. The summed E-state index contributed by atoms with van der Waals surface area (Å²) in [6.07, 6.45) is 2.43. The average molecular weight is 218 g/mol. The summed E-state index contributed by atoms with van der Waals surface area (Å²) < 4.78 is 16.6. The van der Waals surface area contributed by atoms with Crippen molar-refractivity contribution in [3.63, 3.8) is 0 Å². The Balaban J connectivity index is 2.78. The molecule has 0 aromatic rings. The minimum atomic E-state index is -2.39. The molecule has 3 unspecified atom stereocenters. The first-order valence-electron chi connectivity index (χ1n) is 5.26. The third-order valence-electron chi connectivity index (χ3n) is 3.77. The van der Waals surface area contributed by atoms with Gasteiger partial charge < -0.3 is 13.3 Å². The maximum absolute atomic E-state index is 5.53. The molecule has 0 N–H and O–H groups in total. The fourth-order valence-electron chi connectivity index (χ4n) is 2.57. The van der Waals surface area contributed by atoms with Crippen molar-refractivity contribution in [1.82, 2.24) is 0 Å². The Morgan fingerprint density at radius 2 is 1.43 bits per heavy atom. The van der Waals surface area contributed by atoms with Gasteiger partial charge in [0.2, 0.25) is 0 Å². The van der Waals surface area contributed by atoms with Gasteiger partial charge in [0.25, 0.3) is 0 Å². The molecule has 1 aliphatic rings. The first-order valence-corrected chi connectivity index (χ1v) is 7.07. The van der Waals surface area contributed by atoms with Crippen LogP contribution in [0.1, 0.15) is 26.7 Å². The van der Waals surface area contributed by atoms with E-state index in [1.54, 1.807) is 21.3 Å². The van der Waals surface area contributed by atoms with E-state index >= 15 is 0 Å². The van der Waals surface area contributed by atoms with Crippen LogP contribution in [0.4, 0.5) is 0 Å². The lowest BCUT2D eigenvalue weighted by Crippen LogP contribution is -2.48. The molecule has 0 aliphatic heterocycles. The van der Waals surface area contributed by atoms with Crippen molar-refractivity contribution in [1.29, 1.82) is 0 Å². The van der Waals surface area contributed by atoms with E-state index in [1.807, 2.05) is 0 Å². The second kappa shape index (κ2) is 4.75. The maximum atomic E-state index is 5.53. The Labute approximate surface area is 88.1 Å². The van der Waals surface area contributed by atoms with E-state index in [0.717, 1.165) is 5.92 Å². The molecule has 1 rings (SSSR count). The molecule has 1 fully saturated rings. The molecule has 0 spiro atoms. The average Bonchev–Trinajstić information content (AvgIpc) is 2.54. The van der Waals surface area contributed by atoms with E-state index in [-0.39, 0.29) is 0 Å². The smallest absolute Gasteiger partial charge is 0.377 e. The summed E-state index contributed by atoms with van der Waals surface area (Å²) in [6, 6.07) is 0. The lowest BCUT2D eigenvalue weighted by atomic mass is 10.0. The quantitative estimate of drug-likeness (QED) is 0.678. The highest BCUT2D eigenvalue weighted by atomic mass is 28.4. The largest absolute Gasteiger partial charge is 0.503 e. The molecular weight excluding hydrogens is 196 g/mol. The van der Waals surface area contributed by atoms with Gasteiger partial charge in [-0.15, -0.1) is 0 Å². The molecule has 14 heavy (non-hydrogen) atoms. The third kappa shape index (κ3) is 1.89. The Bertz CT molecular complexity index is 174. The molecule has 1 aliphatic carbocycles. The monoisotopic (exact) mass is 218 g/mol. The van der Waals surface area contributed by atoms with Gasteiger partial charge in [-0.25, -0.2) is 0 Å². The molecule has 0 bridgehead atoms. The first kappa shape index (κ1) is 12.2. The van der Waals surface area contributed by atoms with Gasteiger partial charge >= 0.3 is 8.80 Å². The number of hydrogen-bond donors (Lipinski definition) is 0. The predicted molar refractivity (Wildman–Crippen MR) is 58.1 cm³/mol. The van der Waals surface area contributed by atoms with E-state index in [1.165, 1.54) is 12.8 Å². The third-order valence-corrected chi connectivity index (χ3v) is 7.20. The zero-order valence-corrected chi connectivity index (χ0v) is 10.9. The zero-order chi connectivity index (χ0) is 10.8.